The van der Waals surface area contributed by atoms with E-state index in [0.717, 1.165) is 16.1 Å². The highest BCUT2D eigenvalue weighted by molar-refractivity contribution is 7.13. The third kappa shape index (κ3) is 1.54. The van der Waals surface area contributed by atoms with Gasteiger partial charge in [0.15, 0.2) is 5.69 Å². The molecule has 0 saturated carbocycles. The fourth-order valence-electron chi connectivity index (χ4n) is 1.13. The van der Waals surface area contributed by atoms with E-state index in [1.807, 2.05) is 18.4 Å². The Morgan fingerprint density at radius 3 is 2.86 bits per heavy atom. The van der Waals surface area contributed by atoms with E-state index in [1.165, 1.54) is 6.07 Å². The minimum absolute atomic E-state index is 0.0473. The van der Waals surface area contributed by atoms with Crippen molar-refractivity contribution in [2.45, 2.75) is 6.92 Å². The summed E-state index contributed by atoms with van der Waals surface area (Å²) in [6, 6.07) is 3.53. The Balaban J connectivity index is 2.38. The molecule has 0 spiro atoms. The topological polar surface area (TPSA) is 66.0 Å². The van der Waals surface area contributed by atoms with Crippen LogP contribution in [-0.4, -0.2) is 21.3 Å². The van der Waals surface area contributed by atoms with E-state index in [9.17, 15) is 4.79 Å². The summed E-state index contributed by atoms with van der Waals surface area (Å²) in [5, 5.41) is 17.1. The van der Waals surface area contributed by atoms with Crippen molar-refractivity contribution in [1.29, 1.82) is 0 Å². The maximum atomic E-state index is 10.6. The molecular formula is C9H8N2O2S. The molecule has 0 radical (unpaired) electrons. The van der Waals surface area contributed by atoms with Gasteiger partial charge in [-0.1, -0.05) is 0 Å². The maximum Gasteiger partial charge on any atom is 0.356 e. The Hall–Kier alpha value is -1.62. The van der Waals surface area contributed by atoms with Gasteiger partial charge in [-0.25, -0.2) is 4.79 Å². The average molecular weight is 208 g/mol. The van der Waals surface area contributed by atoms with Gasteiger partial charge in [-0.3, -0.25) is 5.10 Å². The third-order valence-electron chi connectivity index (χ3n) is 1.79. The summed E-state index contributed by atoms with van der Waals surface area (Å²) in [6.07, 6.45) is 0. The van der Waals surface area contributed by atoms with Gasteiger partial charge in [-0.15, -0.1) is 11.3 Å². The molecule has 0 atom stereocenters. The number of thiophene rings is 1. The summed E-state index contributed by atoms with van der Waals surface area (Å²) in [6.45, 7) is 1.99. The molecule has 0 amide bonds. The summed E-state index contributed by atoms with van der Waals surface area (Å²) in [5.41, 5.74) is 1.96. The molecule has 72 valence electrons. The monoisotopic (exact) mass is 208 g/mol. The van der Waals surface area contributed by atoms with E-state index in [-0.39, 0.29) is 5.69 Å². The number of aromatic amines is 1. The van der Waals surface area contributed by atoms with Crippen LogP contribution in [0.5, 0.6) is 0 Å². The number of rotatable bonds is 2. The average Bonchev–Trinajstić information content (AvgIpc) is 2.70. The standard InChI is InChI=1S/C9H8N2O2S/c1-5-2-8(14-4-5)6-3-7(9(12)13)11-10-6/h2-4H,1H3,(H,10,11)(H,12,13). The molecular weight excluding hydrogens is 200 g/mol. The molecule has 0 bridgehead atoms. The predicted octanol–water partition coefficient (Wildman–Crippen LogP) is 2.14. The van der Waals surface area contributed by atoms with Crippen LogP contribution in [0.3, 0.4) is 0 Å². The Morgan fingerprint density at radius 2 is 2.36 bits per heavy atom. The summed E-state index contributed by atoms with van der Waals surface area (Å²) >= 11 is 1.56. The summed E-state index contributed by atoms with van der Waals surface area (Å²) in [7, 11) is 0. The Labute approximate surface area is 84.2 Å². The van der Waals surface area contributed by atoms with Crippen molar-refractivity contribution >= 4 is 17.3 Å². The molecule has 0 unspecified atom stereocenters. The van der Waals surface area contributed by atoms with Crippen molar-refractivity contribution in [3.8, 4) is 10.6 Å². The molecule has 0 aliphatic carbocycles. The zero-order chi connectivity index (χ0) is 10.1. The Kier molecular flexibility index (Phi) is 2.09. The van der Waals surface area contributed by atoms with Gasteiger partial charge in [0.25, 0.3) is 0 Å². The number of aromatic carboxylic acids is 1. The molecule has 14 heavy (non-hydrogen) atoms. The van der Waals surface area contributed by atoms with Crippen LogP contribution in [0, 0.1) is 6.92 Å². The number of carbonyl (C=O) groups is 1. The van der Waals surface area contributed by atoms with E-state index in [0.29, 0.717) is 0 Å². The highest BCUT2D eigenvalue weighted by atomic mass is 32.1. The number of carboxylic acid groups (broad SMARTS) is 1. The van der Waals surface area contributed by atoms with Crippen LogP contribution in [0.25, 0.3) is 10.6 Å². The minimum atomic E-state index is -1.01. The van der Waals surface area contributed by atoms with Crippen LogP contribution in [0.15, 0.2) is 17.5 Å². The molecule has 2 heterocycles. The molecule has 0 saturated heterocycles. The summed E-state index contributed by atoms with van der Waals surface area (Å²) in [4.78, 5) is 11.6. The lowest BCUT2D eigenvalue weighted by Gasteiger charge is -1.86. The molecule has 0 fully saturated rings. The zero-order valence-corrected chi connectivity index (χ0v) is 8.26. The molecule has 4 nitrogen and oxygen atoms in total. The number of aryl methyl sites for hydroxylation is 1. The second kappa shape index (κ2) is 3.26. The maximum absolute atomic E-state index is 10.6. The summed E-state index contributed by atoms with van der Waals surface area (Å²) in [5.74, 6) is -1.01. The molecule has 0 aliphatic heterocycles. The number of nitrogens with zero attached hydrogens (tertiary/aromatic N) is 1. The molecule has 2 N–H and O–H groups in total. The number of aromatic nitrogens is 2. The van der Waals surface area contributed by atoms with Crippen LogP contribution in [0.2, 0.25) is 0 Å². The number of carboxylic acids is 1. The van der Waals surface area contributed by atoms with Crippen LogP contribution < -0.4 is 0 Å². The van der Waals surface area contributed by atoms with Gasteiger partial charge in [0.1, 0.15) is 0 Å². The van der Waals surface area contributed by atoms with Crippen molar-refractivity contribution in [3.63, 3.8) is 0 Å². The molecule has 0 aromatic carbocycles. The zero-order valence-electron chi connectivity index (χ0n) is 7.44. The van der Waals surface area contributed by atoms with Crippen molar-refractivity contribution < 1.29 is 9.90 Å². The fraction of sp³-hybridized carbons (Fsp3) is 0.111. The van der Waals surface area contributed by atoms with Crippen LogP contribution >= 0.6 is 11.3 Å². The quantitative estimate of drug-likeness (QED) is 0.794. The first-order valence-electron chi connectivity index (χ1n) is 4.01. The molecule has 0 aliphatic rings. The largest absolute Gasteiger partial charge is 0.476 e. The normalized spacial score (nSPS) is 10.4. The Bertz CT molecular complexity index is 473. The van der Waals surface area contributed by atoms with Crippen molar-refractivity contribution in [3.05, 3.63) is 28.8 Å². The predicted molar refractivity (Wildman–Crippen MR) is 53.6 cm³/mol. The third-order valence-corrected chi connectivity index (χ3v) is 2.87. The van der Waals surface area contributed by atoms with Crippen molar-refractivity contribution in [2.24, 2.45) is 0 Å². The van der Waals surface area contributed by atoms with Gasteiger partial charge in [-0.2, -0.15) is 5.10 Å². The number of hydrogen-bond donors (Lipinski definition) is 2. The van der Waals surface area contributed by atoms with Crippen LogP contribution in [0.4, 0.5) is 0 Å². The number of nitrogens with one attached hydrogen (secondary N) is 1. The molecule has 2 aromatic heterocycles. The van der Waals surface area contributed by atoms with Gasteiger partial charge in [-0.05, 0) is 30.0 Å². The van der Waals surface area contributed by atoms with E-state index in [2.05, 4.69) is 10.2 Å². The highest BCUT2D eigenvalue weighted by Gasteiger charge is 2.10. The van der Waals surface area contributed by atoms with Crippen molar-refractivity contribution in [2.75, 3.05) is 0 Å². The molecule has 5 heteroatoms. The first kappa shape index (κ1) is 8.96. The first-order valence-corrected chi connectivity index (χ1v) is 4.89. The highest BCUT2D eigenvalue weighted by Crippen LogP contribution is 2.25. The van der Waals surface area contributed by atoms with Crippen LogP contribution in [-0.2, 0) is 0 Å². The van der Waals surface area contributed by atoms with Gasteiger partial charge in [0.2, 0.25) is 0 Å². The van der Waals surface area contributed by atoms with E-state index in [1.54, 1.807) is 11.3 Å². The second-order valence-corrected chi connectivity index (χ2v) is 3.87. The lowest BCUT2D eigenvalue weighted by atomic mass is 10.3. The number of hydrogen-bond acceptors (Lipinski definition) is 3. The van der Waals surface area contributed by atoms with E-state index < -0.39 is 5.97 Å². The second-order valence-electron chi connectivity index (χ2n) is 2.96. The van der Waals surface area contributed by atoms with Gasteiger partial charge in [0, 0.05) is 0 Å². The smallest absolute Gasteiger partial charge is 0.356 e. The van der Waals surface area contributed by atoms with Crippen LogP contribution in [0.1, 0.15) is 16.1 Å². The summed E-state index contributed by atoms with van der Waals surface area (Å²) < 4.78 is 0. The SMILES string of the molecule is Cc1csc(-c2cc(C(=O)O)n[nH]2)c1. The minimum Gasteiger partial charge on any atom is -0.476 e. The first-order chi connectivity index (χ1) is 6.66. The lowest BCUT2D eigenvalue weighted by Crippen LogP contribution is -1.95. The fourth-order valence-corrected chi connectivity index (χ4v) is 2.00. The van der Waals surface area contributed by atoms with E-state index in [4.69, 9.17) is 5.11 Å². The Morgan fingerprint density at radius 1 is 1.57 bits per heavy atom. The van der Waals surface area contributed by atoms with Gasteiger partial charge in [0.05, 0.1) is 10.6 Å². The van der Waals surface area contributed by atoms with Crippen molar-refractivity contribution in [1.82, 2.24) is 10.2 Å². The molecule has 2 aromatic rings. The number of H-pyrrole nitrogens is 1. The lowest BCUT2D eigenvalue weighted by molar-refractivity contribution is 0.0690. The van der Waals surface area contributed by atoms with Gasteiger partial charge >= 0.3 is 5.97 Å². The molecule has 2 rings (SSSR count). The van der Waals surface area contributed by atoms with E-state index >= 15 is 0 Å². The van der Waals surface area contributed by atoms with Gasteiger partial charge < -0.3 is 5.11 Å².